The molecule has 28 heavy (non-hydrogen) atoms. The summed E-state index contributed by atoms with van der Waals surface area (Å²) in [6, 6.07) is 13.0. The number of benzene rings is 2. The number of ether oxygens (including phenoxy) is 3. The van der Waals surface area contributed by atoms with Crippen molar-refractivity contribution >= 4 is 22.7 Å². The summed E-state index contributed by atoms with van der Waals surface area (Å²) in [7, 11) is 3.20. The molecule has 0 radical (unpaired) electrons. The van der Waals surface area contributed by atoms with E-state index in [1.807, 2.05) is 49.4 Å². The Balaban J connectivity index is 1.87. The molecule has 3 aromatic rings. The Labute approximate surface area is 168 Å². The van der Waals surface area contributed by atoms with Crippen LogP contribution in [0.3, 0.4) is 0 Å². The van der Waals surface area contributed by atoms with Crippen LogP contribution < -0.4 is 14.2 Å². The van der Waals surface area contributed by atoms with E-state index >= 15 is 0 Å². The zero-order chi connectivity index (χ0) is 19.9. The maximum absolute atomic E-state index is 6.41. The molecule has 0 aliphatic heterocycles. The molecule has 1 heterocycles. The second kappa shape index (κ2) is 9.28. The summed E-state index contributed by atoms with van der Waals surface area (Å²) in [4.78, 5) is 4.38. The number of methoxy groups -OCH3 is 2. The lowest BCUT2D eigenvalue weighted by molar-refractivity contribution is 0.294. The molecule has 0 atom stereocenters. The highest BCUT2D eigenvalue weighted by Gasteiger charge is 2.15. The molecule has 146 valence electrons. The van der Waals surface area contributed by atoms with E-state index in [1.54, 1.807) is 20.3 Å². The van der Waals surface area contributed by atoms with Crippen LogP contribution >= 0.6 is 11.6 Å². The molecule has 0 spiro atoms. The molecule has 0 saturated heterocycles. The lowest BCUT2D eigenvalue weighted by Crippen LogP contribution is -1.98. The van der Waals surface area contributed by atoms with Crippen LogP contribution in [0.25, 0.3) is 22.5 Å². The molecule has 3 rings (SSSR count). The number of nitrogens with zero attached hydrogens (tertiary/aromatic N) is 2. The summed E-state index contributed by atoms with van der Waals surface area (Å²) in [5.41, 5.74) is 1.55. The van der Waals surface area contributed by atoms with E-state index in [-0.39, 0.29) is 5.89 Å². The number of para-hydroxylation sites is 1. The summed E-state index contributed by atoms with van der Waals surface area (Å²) in [5.74, 6) is 2.60. The van der Waals surface area contributed by atoms with Crippen LogP contribution in [0.2, 0.25) is 0 Å². The van der Waals surface area contributed by atoms with Gasteiger partial charge in [0.1, 0.15) is 10.8 Å². The van der Waals surface area contributed by atoms with Gasteiger partial charge in [0.05, 0.1) is 26.4 Å². The average molecular weight is 401 g/mol. The molecule has 0 aliphatic carbocycles. The fourth-order valence-corrected chi connectivity index (χ4v) is 2.78. The summed E-state index contributed by atoms with van der Waals surface area (Å²) in [6.45, 7) is 2.64. The Morgan fingerprint density at radius 1 is 1.07 bits per heavy atom. The lowest BCUT2D eigenvalue weighted by atomic mass is 10.2. The van der Waals surface area contributed by atoms with Crippen LogP contribution in [-0.4, -0.2) is 31.0 Å². The monoisotopic (exact) mass is 400 g/mol. The van der Waals surface area contributed by atoms with Gasteiger partial charge in [-0.05, 0) is 42.3 Å². The summed E-state index contributed by atoms with van der Waals surface area (Å²) < 4.78 is 21.7. The van der Waals surface area contributed by atoms with Crippen molar-refractivity contribution < 1.29 is 18.7 Å². The first kappa shape index (κ1) is 19.8. The van der Waals surface area contributed by atoms with Crippen molar-refractivity contribution in [3.05, 3.63) is 53.9 Å². The van der Waals surface area contributed by atoms with E-state index in [9.17, 15) is 0 Å². The standard InChI is InChI=1S/C21H21ClN2O4/c1-4-11-27-19-13-14(9-10-18(19)26-3)12-16(22)21-23-20(24-28-21)15-7-5-6-8-17(15)25-2/h5-10,12-13H,4,11H2,1-3H3/b16-12-. The Morgan fingerprint density at radius 2 is 1.86 bits per heavy atom. The topological polar surface area (TPSA) is 66.6 Å². The predicted molar refractivity (Wildman–Crippen MR) is 109 cm³/mol. The maximum Gasteiger partial charge on any atom is 0.269 e. The lowest BCUT2D eigenvalue weighted by Gasteiger charge is -2.10. The highest BCUT2D eigenvalue weighted by atomic mass is 35.5. The second-order valence-electron chi connectivity index (χ2n) is 5.87. The first-order valence-electron chi connectivity index (χ1n) is 8.81. The first-order valence-corrected chi connectivity index (χ1v) is 9.19. The van der Waals surface area contributed by atoms with Crippen LogP contribution in [0, 0.1) is 0 Å². The minimum atomic E-state index is 0.217. The van der Waals surface area contributed by atoms with Gasteiger partial charge in [-0.2, -0.15) is 4.98 Å². The third kappa shape index (κ3) is 4.46. The van der Waals surface area contributed by atoms with Gasteiger partial charge in [-0.25, -0.2) is 0 Å². The molecule has 0 bridgehead atoms. The van der Waals surface area contributed by atoms with E-state index in [2.05, 4.69) is 10.1 Å². The Bertz CT molecular complexity index is 969. The van der Waals surface area contributed by atoms with Crippen molar-refractivity contribution in [1.82, 2.24) is 10.1 Å². The molecular formula is C21H21ClN2O4. The molecule has 0 aliphatic rings. The summed E-state index contributed by atoms with van der Waals surface area (Å²) in [6.07, 6.45) is 2.64. The van der Waals surface area contributed by atoms with Gasteiger partial charge >= 0.3 is 0 Å². The maximum atomic E-state index is 6.41. The third-order valence-corrected chi connectivity index (χ3v) is 4.19. The molecule has 6 nitrogen and oxygen atoms in total. The highest BCUT2D eigenvalue weighted by molar-refractivity contribution is 6.50. The van der Waals surface area contributed by atoms with E-state index < -0.39 is 0 Å². The average Bonchev–Trinajstić information content (AvgIpc) is 3.22. The fraction of sp³-hybridized carbons (Fsp3) is 0.238. The molecule has 1 aromatic heterocycles. The minimum Gasteiger partial charge on any atom is -0.496 e. The molecule has 0 unspecified atom stereocenters. The smallest absolute Gasteiger partial charge is 0.269 e. The number of hydrogen-bond acceptors (Lipinski definition) is 6. The van der Waals surface area contributed by atoms with Gasteiger partial charge < -0.3 is 18.7 Å². The number of aromatic nitrogens is 2. The Morgan fingerprint density at radius 3 is 2.61 bits per heavy atom. The van der Waals surface area contributed by atoms with E-state index in [1.165, 1.54) is 0 Å². The van der Waals surface area contributed by atoms with Gasteiger partial charge in [-0.15, -0.1) is 0 Å². The molecular weight excluding hydrogens is 380 g/mol. The van der Waals surface area contributed by atoms with Gasteiger partial charge in [-0.1, -0.05) is 41.9 Å². The van der Waals surface area contributed by atoms with E-state index in [4.69, 9.17) is 30.3 Å². The highest BCUT2D eigenvalue weighted by Crippen LogP contribution is 2.32. The normalized spacial score (nSPS) is 11.4. The van der Waals surface area contributed by atoms with E-state index in [0.717, 1.165) is 17.5 Å². The van der Waals surface area contributed by atoms with Crippen LogP contribution in [0.4, 0.5) is 0 Å². The Hall–Kier alpha value is -2.99. The van der Waals surface area contributed by atoms with Crippen molar-refractivity contribution in [2.24, 2.45) is 0 Å². The van der Waals surface area contributed by atoms with Crippen LogP contribution in [0.1, 0.15) is 24.8 Å². The summed E-state index contributed by atoms with van der Waals surface area (Å²) >= 11 is 6.41. The van der Waals surface area contributed by atoms with Crippen molar-refractivity contribution in [1.29, 1.82) is 0 Å². The number of halogens is 1. The summed E-state index contributed by atoms with van der Waals surface area (Å²) in [5, 5.41) is 4.33. The first-order chi connectivity index (χ1) is 13.7. The van der Waals surface area contributed by atoms with Crippen LogP contribution in [0.15, 0.2) is 47.0 Å². The van der Waals surface area contributed by atoms with E-state index in [0.29, 0.717) is 34.7 Å². The van der Waals surface area contributed by atoms with Crippen LogP contribution in [-0.2, 0) is 0 Å². The SMILES string of the molecule is CCCOc1cc(/C=C(\Cl)c2nc(-c3ccccc3OC)no2)ccc1OC. The molecule has 0 saturated carbocycles. The molecule has 0 N–H and O–H groups in total. The van der Waals surface area contributed by atoms with Gasteiger partial charge in [0.15, 0.2) is 11.5 Å². The van der Waals surface area contributed by atoms with Crippen LogP contribution in [0.5, 0.6) is 17.2 Å². The number of hydrogen-bond donors (Lipinski definition) is 0. The zero-order valence-electron chi connectivity index (χ0n) is 15.9. The Kier molecular flexibility index (Phi) is 6.55. The second-order valence-corrected chi connectivity index (χ2v) is 6.28. The van der Waals surface area contributed by atoms with Gasteiger partial charge in [0.2, 0.25) is 5.82 Å². The van der Waals surface area contributed by atoms with Gasteiger partial charge in [0, 0.05) is 0 Å². The van der Waals surface area contributed by atoms with Crippen molar-refractivity contribution in [2.75, 3.05) is 20.8 Å². The van der Waals surface area contributed by atoms with Crippen molar-refractivity contribution in [3.8, 4) is 28.6 Å². The molecule has 0 fully saturated rings. The zero-order valence-corrected chi connectivity index (χ0v) is 16.7. The predicted octanol–water partition coefficient (Wildman–Crippen LogP) is 5.28. The largest absolute Gasteiger partial charge is 0.496 e. The van der Waals surface area contributed by atoms with Gasteiger partial charge in [-0.3, -0.25) is 0 Å². The quantitative estimate of drug-likeness (QED) is 0.512. The third-order valence-electron chi connectivity index (χ3n) is 3.92. The minimum absolute atomic E-state index is 0.217. The van der Waals surface area contributed by atoms with Crippen molar-refractivity contribution in [2.45, 2.75) is 13.3 Å². The molecule has 0 amide bonds. The van der Waals surface area contributed by atoms with Crippen molar-refractivity contribution in [3.63, 3.8) is 0 Å². The molecule has 7 heteroatoms. The van der Waals surface area contributed by atoms with Gasteiger partial charge in [0.25, 0.3) is 5.89 Å². The molecule has 2 aromatic carbocycles. The number of rotatable bonds is 8. The fourth-order valence-electron chi connectivity index (χ4n) is 2.58.